The third kappa shape index (κ3) is 3.62. The molecule has 5 rings (SSSR count). The van der Waals surface area contributed by atoms with E-state index in [9.17, 15) is 4.79 Å². The molecule has 2 atom stereocenters. The Morgan fingerprint density at radius 1 is 1.07 bits per heavy atom. The molecule has 2 aliphatic rings. The third-order valence-electron chi connectivity index (χ3n) is 6.34. The maximum atomic E-state index is 12.7. The molecule has 5 heteroatoms. The molecule has 0 radical (unpaired) electrons. The first-order valence-corrected chi connectivity index (χ1v) is 10.4. The summed E-state index contributed by atoms with van der Waals surface area (Å²) < 4.78 is 5.96. The summed E-state index contributed by atoms with van der Waals surface area (Å²) in [6.07, 6.45) is 0. The summed E-state index contributed by atoms with van der Waals surface area (Å²) in [5.41, 5.74) is 4.24. The van der Waals surface area contributed by atoms with Crippen LogP contribution >= 0.6 is 0 Å². The number of benzene rings is 2. The van der Waals surface area contributed by atoms with Crippen LogP contribution in [-0.2, 0) is 11.3 Å². The summed E-state index contributed by atoms with van der Waals surface area (Å²) >= 11 is 0. The van der Waals surface area contributed by atoms with Crippen LogP contribution in [0.3, 0.4) is 0 Å². The maximum absolute atomic E-state index is 12.7. The van der Waals surface area contributed by atoms with Crippen molar-refractivity contribution in [1.82, 2.24) is 14.8 Å². The zero-order chi connectivity index (χ0) is 19.8. The first kappa shape index (κ1) is 18.6. The molecule has 150 valence electrons. The van der Waals surface area contributed by atoms with Crippen LogP contribution in [0.15, 0.2) is 59.4 Å². The second-order valence-electron chi connectivity index (χ2n) is 8.25. The molecule has 0 aliphatic carbocycles. The molecule has 2 aromatic carbocycles. The van der Waals surface area contributed by atoms with E-state index in [-0.39, 0.29) is 5.56 Å². The Hall–Kier alpha value is -2.47. The molecule has 0 saturated carbocycles. The van der Waals surface area contributed by atoms with Gasteiger partial charge < -0.3 is 9.72 Å². The topological polar surface area (TPSA) is 48.6 Å². The lowest BCUT2D eigenvalue weighted by atomic mass is 10.00. The van der Waals surface area contributed by atoms with E-state index in [1.807, 2.05) is 19.1 Å². The quantitative estimate of drug-likeness (QED) is 0.748. The van der Waals surface area contributed by atoms with Gasteiger partial charge in [0.25, 0.3) is 5.56 Å². The number of aromatic nitrogens is 1. The van der Waals surface area contributed by atoms with Gasteiger partial charge in [-0.05, 0) is 29.5 Å². The number of nitrogens with zero attached hydrogens (tertiary/aromatic N) is 2. The third-order valence-corrected chi connectivity index (χ3v) is 6.34. The number of aryl methyl sites for hydroxylation is 1. The van der Waals surface area contributed by atoms with E-state index in [0.29, 0.717) is 18.6 Å². The highest BCUT2D eigenvalue weighted by Crippen LogP contribution is 2.30. The Morgan fingerprint density at radius 3 is 2.79 bits per heavy atom. The zero-order valence-electron chi connectivity index (χ0n) is 16.8. The zero-order valence-corrected chi connectivity index (χ0v) is 16.8. The summed E-state index contributed by atoms with van der Waals surface area (Å²) in [6.45, 7) is 7.11. The van der Waals surface area contributed by atoms with Crippen molar-refractivity contribution in [1.29, 1.82) is 0 Å². The predicted octanol–water partition coefficient (Wildman–Crippen LogP) is 3.09. The van der Waals surface area contributed by atoms with Gasteiger partial charge in [-0.15, -0.1) is 0 Å². The molecule has 1 N–H and O–H groups in total. The number of ether oxygens (including phenoxy) is 1. The molecule has 3 aromatic rings. The number of para-hydroxylation sites is 1. The fourth-order valence-corrected chi connectivity index (χ4v) is 4.80. The fraction of sp³-hybridized carbons (Fsp3) is 0.375. The predicted molar refractivity (Wildman–Crippen MR) is 115 cm³/mol. The van der Waals surface area contributed by atoms with Crippen LogP contribution in [0.4, 0.5) is 0 Å². The van der Waals surface area contributed by atoms with Crippen LogP contribution < -0.4 is 5.56 Å². The summed E-state index contributed by atoms with van der Waals surface area (Å²) in [5, 5.41) is 1.10. The van der Waals surface area contributed by atoms with Crippen molar-refractivity contribution in [2.24, 2.45) is 0 Å². The Balaban J connectivity index is 1.33. The summed E-state index contributed by atoms with van der Waals surface area (Å²) in [4.78, 5) is 20.7. The molecule has 29 heavy (non-hydrogen) atoms. The molecule has 2 fully saturated rings. The fourth-order valence-electron chi connectivity index (χ4n) is 4.80. The molecule has 3 heterocycles. The first-order chi connectivity index (χ1) is 14.2. The normalized spacial score (nSPS) is 23.2. The van der Waals surface area contributed by atoms with Crippen LogP contribution in [0.2, 0.25) is 0 Å². The van der Waals surface area contributed by atoms with Gasteiger partial charge in [-0.2, -0.15) is 0 Å². The lowest BCUT2D eigenvalue weighted by molar-refractivity contribution is -0.0836. The first-order valence-electron chi connectivity index (χ1n) is 10.4. The van der Waals surface area contributed by atoms with Crippen LogP contribution in [0.25, 0.3) is 10.9 Å². The summed E-state index contributed by atoms with van der Waals surface area (Å²) in [5.74, 6) is 0. The van der Waals surface area contributed by atoms with E-state index in [2.05, 4.69) is 57.2 Å². The van der Waals surface area contributed by atoms with Gasteiger partial charge >= 0.3 is 0 Å². The van der Waals surface area contributed by atoms with Crippen LogP contribution in [-0.4, -0.2) is 53.7 Å². The number of H-pyrrole nitrogens is 1. The Bertz CT molecular complexity index is 1060. The SMILES string of the molecule is Cc1cccc2cc(CN3CCN4[C@@H](COC[C@@H]4c4ccccc4)C3)c(=O)[nH]c12. The van der Waals surface area contributed by atoms with Crippen molar-refractivity contribution < 1.29 is 4.74 Å². The molecule has 1 aromatic heterocycles. The van der Waals surface area contributed by atoms with Crippen molar-refractivity contribution in [3.63, 3.8) is 0 Å². The molecule has 5 nitrogen and oxygen atoms in total. The highest BCUT2D eigenvalue weighted by atomic mass is 16.5. The van der Waals surface area contributed by atoms with Gasteiger partial charge in [0.1, 0.15) is 0 Å². The molecule has 0 amide bonds. The average Bonchev–Trinajstić information content (AvgIpc) is 2.75. The Morgan fingerprint density at radius 2 is 1.93 bits per heavy atom. The largest absolute Gasteiger partial charge is 0.378 e. The maximum Gasteiger partial charge on any atom is 0.252 e. The molecular weight excluding hydrogens is 362 g/mol. The van der Waals surface area contributed by atoms with E-state index in [1.54, 1.807) is 0 Å². The van der Waals surface area contributed by atoms with Gasteiger partial charge in [-0.25, -0.2) is 0 Å². The van der Waals surface area contributed by atoms with Gasteiger partial charge in [-0.3, -0.25) is 14.6 Å². The smallest absolute Gasteiger partial charge is 0.252 e. The van der Waals surface area contributed by atoms with Crippen molar-refractivity contribution in [3.8, 4) is 0 Å². The van der Waals surface area contributed by atoms with Gasteiger partial charge in [0.05, 0.1) is 24.8 Å². The Kier molecular flexibility index (Phi) is 4.96. The molecule has 2 saturated heterocycles. The molecular formula is C24H27N3O2. The van der Waals surface area contributed by atoms with Crippen LogP contribution in [0, 0.1) is 6.92 Å². The number of piperazine rings is 1. The van der Waals surface area contributed by atoms with E-state index >= 15 is 0 Å². The number of hydrogen-bond donors (Lipinski definition) is 1. The van der Waals surface area contributed by atoms with Gasteiger partial charge in [0.15, 0.2) is 0 Å². The van der Waals surface area contributed by atoms with Crippen LogP contribution in [0.5, 0.6) is 0 Å². The number of nitrogens with one attached hydrogen (secondary N) is 1. The number of fused-ring (bicyclic) bond motifs is 2. The number of pyridine rings is 1. The van der Waals surface area contributed by atoms with Crippen molar-refractivity contribution in [2.75, 3.05) is 32.8 Å². The van der Waals surface area contributed by atoms with Crippen molar-refractivity contribution in [2.45, 2.75) is 25.6 Å². The second kappa shape index (κ2) is 7.75. The number of morpholine rings is 1. The minimum Gasteiger partial charge on any atom is -0.378 e. The van der Waals surface area contributed by atoms with Gasteiger partial charge in [0.2, 0.25) is 0 Å². The summed E-state index contributed by atoms with van der Waals surface area (Å²) in [7, 11) is 0. The van der Waals surface area contributed by atoms with E-state index in [1.165, 1.54) is 5.56 Å². The van der Waals surface area contributed by atoms with Gasteiger partial charge in [0, 0.05) is 37.8 Å². The number of rotatable bonds is 3. The molecule has 0 bridgehead atoms. The summed E-state index contributed by atoms with van der Waals surface area (Å²) in [6, 6.07) is 19.5. The highest BCUT2D eigenvalue weighted by molar-refractivity contribution is 5.81. The molecule has 2 aliphatic heterocycles. The van der Waals surface area contributed by atoms with E-state index in [0.717, 1.165) is 54.9 Å². The Labute approximate surface area is 170 Å². The highest BCUT2D eigenvalue weighted by Gasteiger charge is 2.36. The number of aromatic amines is 1. The standard InChI is InChI=1S/C24H27N3O2/c1-17-6-5-9-19-12-20(24(28)25-23(17)19)13-26-10-11-27-21(14-26)15-29-16-22(27)18-7-3-2-4-8-18/h2-9,12,21-22H,10-11,13-16H2,1H3,(H,25,28)/t21-,22-/m1/s1. The monoisotopic (exact) mass is 389 g/mol. The number of hydrogen-bond acceptors (Lipinski definition) is 4. The lowest BCUT2D eigenvalue weighted by Crippen LogP contribution is -2.58. The minimum atomic E-state index is 0.0243. The van der Waals surface area contributed by atoms with Gasteiger partial charge in [-0.1, -0.05) is 48.5 Å². The van der Waals surface area contributed by atoms with Crippen molar-refractivity contribution in [3.05, 3.63) is 81.6 Å². The van der Waals surface area contributed by atoms with Crippen molar-refractivity contribution >= 4 is 10.9 Å². The minimum absolute atomic E-state index is 0.0243. The molecule has 0 spiro atoms. The van der Waals surface area contributed by atoms with E-state index < -0.39 is 0 Å². The average molecular weight is 389 g/mol. The second-order valence-corrected chi connectivity index (χ2v) is 8.25. The molecule has 0 unspecified atom stereocenters. The van der Waals surface area contributed by atoms with Crippen LogP contribution in [0.1, 0.15) is 22.7 Å². The van der Waals surface area contributed by atoms with E-state index in [4.69, 9.17) is 4.74 Å². The lowest BCUT2D eigenvalue weighted by Gasteiger charge is -2.48.